The summed E-state index contributed by atoms with van der Waals surface area (Å²) in [5.74, 6) is -4.35. The molecule has 1 aliphatic carbocycles. The molecular weight excluding hydrogens is 314 g/mol. The highest BCUT2D eigenvalue weighted by Crippen LogP contribution is 2.60. The van der Waals surface area contributed by atoms with Gasteiger partial charge in [-0.25, -0.2) is 8.78 Å². The fourth-order valence-electron chi connectivity index (χ4n) is 2.95. The van der Waals surface area contributed by atoms with E-state index in [1.807, 2.05) is 30.3 Å². The monoisotopic (exact) mass is 334 g/mol. The second kappa shape index (κ2) is 6.87. The van der Waals surface area contributed by atoms with Crippen molar-refractivity contribution in [3.05, 3.63) is 65.7 Å². The number of methoxy groups -OCH3 is 1. The molecule has 0 amide bonds. The lowest BCUT2D eigenvalue weighted by molar-refractivity contribution is 0.0336. The maximum absolute atomic E-state index is 14.0. The zero-order valence-corrected chi connectivity index (χ0v) is 13.4. The van der Waals surface area contributed by atoms with Gasteiger partial charge in [-0.15, -0.1) is 0 Å². The summed E-state index contributed by atoms with van der Waals surface area (Å²) in [7, 11) is 1.53. The highest BCUT2D eigenvalue weighted by molar-refractivity contribution is 5.30. The van der Waals surface area contributed by atoms with Gasteiger partial charge in [0.15, 0.2) is 0 Å². The van der Waals surface area contributed by atoms with Gasteiger partial charge in [0.2, 0.25) is 0 Å². The number of hydrogen-bond acceptors (Lipinski definition) is 3. The van der Waals surface area contributed by atoms with Crippen LogP contribution in [0, 0.1) is 11.8 Å². The molecule has 2 aromatic carbocycles. The van der Waals surface area contributed by atoms with Gasteiger partial charge in [0.1, 0.15) is 5.75 Å². The molecule has 2 aromatic rings. The first-order chi connectivity index (χ1) is 11.5. The summed E-state index contributed by atoms with van der Waals surface area (Å²) in [6.07, 6.45) is -1.21. The van der Waals surface area contributed by atoms with Crippen LogP contribution in [0.4, 0.5) is 8.78 Å². The Kier molecular flexibility index (Phi) is 4.83. The van der Waals surface area contributed by atoms with E-state index in [1.54, 1.807) is 24.3 Å². The molecule has 1 N–H and O–H groups in total. The maximum Gasteiger partial charge on any atom is 0.259 e. The number of hydrogen-bond donors (Lipinski definition) is 1. The predicted molar refractivity (Wildman–Crippen MR) is 86.0 cm³/mol. The lowest BCUT2D eigenvalue weighted by atomic mass is 10.0. The molecule has 0 aliphatic heterocycles. The molecule has 3 atom stereocenters. The lowest BCUT2D eigenvalue weighted by Gasteiger charge is -2.11. The van der Waals surface area contributed by atoms with E-state index in [-0.39, 0.29) is 6.61 Å². The van der Waals surface area contributed by atoms with Crippen LogP contribution >= 0.6 is 0 Å². The molecular formula is C19H20F2O3. The van der Waals surface area contributed by atoms with Gasteiger partial charge >= 0.3 is 0 Å². The molecule has 5 heteroatoms. The first-order valence-corrected chi connectivity index (χ1v) is 7.85. The van der Waals surface area contributed by atoms with Gasteiger partial charge in [0.05, 0.1) is 38.3 Å². The molecule has 3 nitrogen and oxygen atoms in total. The van der Waals surface area contributed by atoms with Crippen molar-refractivity contribution in [2.45, 2.75) is 18.6 Å². The molecule has 0 radical (unpaired) electrons. The van der Waals surface area contributed by atoms with Crippen LogP contribution in [-0.2, 0) is 11.3 Å². The molecule has 0 bridgehead atoms. The molecule has 1 unspecified atom stereocenters. The van der Waals surface area contributed by atoms with E-state index in [2.05, 4.69) is 0 Å². The Morgan fingerprint density at radius 1 is 1.08 bits per heavy atom. The van der Waals surface area contributed by atoms with Gasteiger partial charge in [-0.3, -0.25) is 0 Å². The molecule has 0 heterocycles. The van der Waals surface area contributed by atoms with E-state index in [4.69, 9.17) is 9.47 Å². The number of aliphatic hydroxyl groups is 1. The van der Waals surface area contributed by atoms with E-state index >= 15 is 0 Å². The molecule has 3 rings (SSSR count). The minimum absolute atomic E-state index is 0.0697. The molecule has 1 aliphatic rings. The molecule has 1 saturated carbocycles. The normalized spacial score (nSPS) is 22.8. The van der Waals surface area contributed by atoms with E-state index in [1.165, 1.54) is 7.11 Å². The van der Waals surface area contributed by atoms with Crippen LogP contribution in [0.15, 0.2) is 54.6 Å². The van der Waals surface area contributed by atoms with Crippen molar-refractivity contribution in [3.8, 4) is 5.75 Å². The first-order valence-electron chi connectivity index (χ1n) is 7.85. The van der Waals surface area contributed by atoms with Crippen LogP contribution < -0.4 is 4.74 Å². The Balaban J connectivity index is 1.57. The van der Waals surface area contributed by atoms with Crippen LogP contribution in [0.3, 0.4) is 0 Å². The van der Waals surface area contributed by atoms with E-state index < -0.39 is 23.9 Å². The van der Waals surface area contributed by atoms with Gasteiger partial charge < -0.3 is 14.6 Å². The number of alkyl halides is 2. The first kappa shape index (κ1) is 16.9. The number of aliphatic hydroxyl groups excluding tert-OH is 1. The highest BCUT2D eigenvalue weighted by atomic mass is 19.3. The Morgan fingerprint density at radius 2 is 1.75 bits per heavy atom. The topological polar surface area (TPSA) is 38.7 Å². The van der Waals surface area contributed by atoms with Gasteiger partial charge in [-0.1, -0.05) is 42.5 Å². The summed E-state index contributed by atoms with van der Waals surface area (Å²) >= 11 is 0. The molecule has 24 heavy (non-hydrogen) atoms. The van der Waals surface area contributed by atoms with Crippen molar-refractivity contribution in [1.82, 2.24) is 0 Å². The number of rotatable bonds is 7. The summed E-state index contributed by atoms with van der Waals surface area (Å²) in [4.78, 5) is 0. The van der Waals surface area contributed by atoms with Crippen molar-refractivity contribution in [2.75, 3.05) is 13.7 Å². The van der Waals surface area contributed by atoms with Crippen LogP contribution in [-0.4, -0.2) is 24.7 Å². The fourth-order valence-corrected chi connectivity index (χ4v) is 2.95. The molecule has 0 saturated heterocycles. The zero-order chi connectivity index (χ0) is 17.2. The van der Waals surface area contributed by atoms with Gasteiger partial charge in [-0.2, -0.15) is 0 Å². The van der Waals surface area contributed by atoms with Crippen molar-refractivity contribution in [1.29, 1.82) is 0 Å². The van der Waals surface area contributed by atoms with E-state index in [0.717, 1.165) is 5.56 Å². The van der Waals surface area contributed by atoms with Crippen molar-refractivity contribution in [2.24, 2.45) is 11.8 Å². The average Bonchev–Trinajstić information content (AvgIpc) is 3.16. The molecule has 0 spiro atoms. The molecule has 128 valence electrons. The van der Waals surface area contributed by atoms with Crippen molar-refractivity contribution < 1.29 is 23.4 Å². The number of halogens is 2. The molecule has 1 fully saturated rings. The predicted octanol–water partition coefficient (Wildman–Crippen LogP) is 3.83. The minimum Gasteiger partial charge on any atom is -0.497 e. The van der Waals surface area contributed by atoms with Crippen LogP contribution in [0.2, 0.25) is 0 Å². The largest absolute Gasteiger partial charge is 0.497 e. The van der Waals surface area contributed by atoms with E-state index in [9.17, 15) is 13.9 Å². The summed E-state index contributed by atoms with van der Waals surface area (Å²) in [5, 5.41) is 10.3. The van der Waals surface area contributed by atoms with Crippen LogP contribution in [0.5, 0.6) is 5.75 Å². The summed E-state index contributed by atoms with van der Waals surface area (Å²) in [6, 6.07) is 15.9. The second-order valence-electron chi connectivity index (χ2n) is 6.03. The minimum atomic E-state index is -2.91. The third-order valence-corrected chi connectivity index (χ3v) is 4.47. The summed E-state index contributed by atoms with van der Waals surface area (Å²) in [6.45, 7) is 0.221. The standard InChI is InChI=1S/C19H20F2O3/c1-23-15-9-7-14(8-10-15)18(22)17-16(19(17,20)21)12-24-11-13-5-3-2-4-6-13/h2-10,16-18,22H,11-12H2,1H3/t16-,17+,18?/m1/s1. The van der Waals surface area contributed by atoms with Crippen molar-refractivity contribution in [3.63, 3.8) is 0 Å². The Labute approximate surface area is 139 Å². The summed E-state index contributed by atoms with van der Waals surface area (Å²) < 4.78 is 38.5. The second-order valence-corrected chi connectivity index (χ2v) is 6.03. The van der Waals surface area contributed by atoms with Crippen molar-refractivity contribution >= 4 is 0 Å². The Bertz CT molecular complexity index is 658. The van der Waals surface area contributed by atoms with Gasteiger partial charge in [-0.05, 0) is 23.3 Å². The lowest BCUT2D eigenvalue weighted by Crippen LogP contribution is -2.06. The number of ether oxygens (including phenoxy) is 2. The van der Waals surface area contributed by atoms with E-state index in [0.29, 0.717) is 17.9 Å². The zero-order valence-electron chi connectivity index (χ0n) is 13.4. The van der Waals surface area contributed by atoms with Gasteiger partial charge in [0.25, 0.3) is 5.92 Å². The third-order valence-electron chi connectivity index (χ3n) is 4.47. The maximum atomic E-state index is 14.0. The van der Waals surface area contributed by atoms with Crippen LogP contribution in [0.1, 0.15) is 17.2 Å². The highest BCUT2D eigenvalue weighted by Gasteiger charge is 2.70. The summed E-state index contributed by atoms with van der Waals surface area (Å²) in [5.41, 5.74) is 1.40. The van der Waals surface area contributed by atoms with Gasteiger partial charge in [0, 0.05) is 0 Å². The molecule has 0 aromatic heterocycles. The fraction of sp³-hybridized carbons (Fsp3) is 0.368. The van der Waals surface area contributed by atoms with Crippen LogP contribution in [0.25, 0.3) is 0 Å². The number of benzene rings is 2. The smallest absolute Gasteiger partial charge is 0.259 e. The average molecular weight is 334 g/mol. The quantitative estimate of drug-likeness (QED) is 0.836. The SMILES string of the molecule is COc1ccc(C(O)[C@@H]2[C@@H](COCc3ccccc3)C2(F)F)cc1. The Morgan fingerprint density at radius 3 is 2.38 bits per heavy atom. The third kappa shape index (κ3) is 3.42. The Hall–Kier alpha value is -1.98.